The highest BCUT2D eigenvalue weighted by atomic mass is 15.0. The first-order valence-corrected chi connectivity index (χ1v) is 9.76. The highest BCUT2D eigenvalue weighted by Gasteiger charge is 2.35. The fourth-order valence-electron chi connectivity index (χ4n) is 4.91. The van der Waals surface area contributed by atoms with E-state index in [9.17, 15) is 0 Å². The van der Waals surface area contributed by atoms with Crippen LogP contribution in [0.3, 0.4) is 0 Å². The molecule has 0 aliphatic heterocycles. The summed E-state index contributed by atoms with van der Waals surface area (Å²) in [7, 11) is 0. The molecular formula is C20H39N. The molecule has 124 valence electrons. The zero-order chi connectivity index (χ0) is 15.3. The molecule has 0 amide bonds. The van der Waals surface area contributed by atoms with Crippen molar-refractivity contribution < 1.29 is 0 Å². The zero-order valence-electron chi connectivity index (χ0n) is 15.1. The second-order valence-electron chi connectivity index (χ2n) is 8.89. The van der Waals surface area contributed by atoms with E-state index in [0.29, 0.717) is 5.41 Å². The third-order valence-electron chi connectivity index (χ3n) is 6.11. The molecule has 2 aliphatic rings. The SMILES string of the molecule is CCCC1CCCC(NC2CCCCC2C(C)(C)C)CC1. The highest BCUT2D eigenvalue weighted by molar-refractivity contribution is 4.90. The third-order valence-corrected chi connectivity index (χ3v) is 6.11. The second-order valence-corrected chi connectivity index (χ2v) is 8.89. The Hall–Kier alpha value is -0.0400. The largest absolute Gasteiger partial charge is 0.311 e. The van der Waals surface area contributed by atoms with Crippen LogP contribution in [0, 0.1) is 17.3 Å². The summed E-state index contributed by atoms with van der Waals surface area (Å²) in [5, 5.41) is 4.12. The van der Waals surface area contributed by atoms with Crippen LogP contribution in [-0.2, 0) is 0 Å². The van der Waals surface area contributed by atoms with Crippen LogP contribution in [-0.4, -0.2) is 12.1 Å². The average molecular weight is 294 g/mol. The molecule has 1 heteroatoms. The van der Waals surface area contributed by atoms with E-state index in [1.54, 1.807) is 0 Å². The Morgan fingerprint density at radius 3 is 2.33 bits per heavy atom. The topological polar surface area (TPSA) is 12.0 Å². The van der Waals surface area contributed by atoms with Crippen molar-refractivity contribution in [2.45, 2.75) is 110 Å². The van der Waals surface area contributed by atoms with E-state index < -0.39 is 0 Å². The summed E-state index contributed by atoms with van der Waals surface area (Å²) in [4.78, 5) is 0. The van der Waals surface area contributed by atoms with Gasteiger partial charge in [0, 0.05) is 12.1 Å². The standard InChI is InChI=1S/C20H39N/c1-5-9-16-10-8-11-17(15-14-16)21-19-13-7-6-12-18(19)20(2,3)4/h16-19,21H,5-15H2,1-4H3. The average Bonchev–Trinajstić information content (AvgIpc) is 2.64. The van der Waals surface area contributed by atoms with Gasteiger partial charge in [0.1, 0.15) is 0 Å². The molecule has 0 saturated heterocycles. The van der Waals surface area contributed by atoms with Gasteiger partial charge in [-0.1, -0.05) is 66.2 Å². The summed E-state index contributed by atoms with van der Waals surface area (Å²) in [6.07, 6.45) is 15.8. The molecule has 4 atom stereocenters. The van der Waals surface area contributed by atoms with Crippen molar-refractivity contribution in [3.63, 3.8) is 0 Å². The van der Waals surface area contributed by atoms with Crippen molar-refractivity contribution in [2.75, 3.05) is 0 Å². The molecule has 0 spiro atoms. The first-order chi connectivity index (χ1) is 10.0. The first-order valence-electron chi connectivity index (χ1n) is 9.76. The predicted octanol–water partition coefficient (Wildman–Crippen LogP) is 5.93. The number of hydrogen-bond acceptors (Lipinski definition) is 1. The van der Waals surface area contributed by atoms with E-state index in [1.165, 1.54) is 70.6 Å². The molecular weight excluding hydrogens is 254 g/mol. The van der Waals surface area contributed by atoms with E-state index in [2.05, 4.69) is 33.0 Å². The fraction of sp³-hybridized carbons (Fsp3) is 1.00. The van der Waals surface area contributed by atoms with Gasteiger partial charge < -0.3 is 5.32 Å². The number of nitrogens with one attached hydrogen (secondary N) is 1. The van der Waals surface area contributed by atoms with Crippen LogP contribution < -0.4 is 5.32 Å². The van der Waals surface area contributed by atoms with Gasteiger partial charge >= 0.3 is 0 Å². The molecule has 21 heavy (non-hydrogen) atoms. The lowest BCUT2D eigenvalue weighted by molar-refractivity contribution is 0.120. The number of rotatable bonds is 4. The smallest absolute Gasteiger partial charge is 0.0103 e. The lowest BCUT2D eigenvalue weighted by Gasteiger charge is -2.42. The van der Waals surface area contributed by atoms with Gasteiger partial charge in [-0.05, 0) is 49.4 Å². The Labute approximate surface area is 133 Å². The summed E-state index contributed by atoms with van der Waals surface area (Å²) in [6.45, 7) is 9.68. The monoisotopic (exact) mass is 293 g/mol. The molecule has 1 nitrogen and oxygen atoms in total. The maximum Gasteiger partial charge on any atom is 0.0103 e. The van der Waals surface area contributed by atoms with Gasteiger partial charge in [-0.15, -0.1) is 0 Å². The van der Waals surface area contributed by atoms with Gasteiger partial charge in [-0.25, -0.2) is 0 Å². The van der Waals surface area contributed by atoms with Crippen molar-refractivity contribution in [3.05, 3.63) is 0 Å². The molecule has 0 aromatic carbocycles. The van der Waals surface area contributed by atoms with Crippen LogP contribution in [0.1, 0.15) is 98.3 Å². The molecule has 0 heterocycles. The Morgan fingerprint density at radius 1 is 0.857 bits per heavy atom. The Kier molecular flexibility index (Phi) is 6.59. The molecule has 0 radical (unpaired) electrons. The summed E-state index contributed by atoms with van der Waals surface area (Å²) >= 11 is 0. The van der Waals surface area contributed by atoms with Gasteiger partial charge in [-0.2, -0.15) is 0 Å². The quantitative estimate of drug-likeness (QED) is 0.633. The molecule has 0 bridgehead atoms. The first kappa shape index (κ1) is 17.3. The van der Waals surface area contributed by atoms with Crippen molar-refractivity contribution in [3.8, 4) is 0 Å². The van der Waals surface area contributed by atoms with Crippen molar-refractivity contribution >= 4 is 0 Å². The van der Waals surface area contributed by atoms with Crippen molar-refractivity contribution in [2.24, 2.45) is 17.3 Å². The van der Waals surface area contributed by atoms with Crippen molar-refractivity contribution in [1.29, 1.82) is 0 Å². The van der Waals surface area contributed by atoms with Crippen LogP contribution >= 0.6 is 0 Å². The van der Waals surface area contributed by atoms with Crippen LogP contribution in [0.25, 0.3) is 0 Å². The molecule has 2 rings (SSSR count). The normalized spacial score (nSPS) is 35.4. The lowest BCUT2D eigenvalue weighted by atomic mass is 9.69. The van der Waals surface area contributed by atoms with Crippen LogP contribution in [0.5, 0.6) is 0 Å². The second kappa shape index (κ2) is 7.99. The fourth-order valence-corrected chi connectivity index (χ4v) is 4.91. The van der Waals surface area contributed by atoms with Crippen LogP contribution in [0.4, 0.5) is 0 Å². The molecule has 2 fully saturated rings. The Morgan fingerprint density at radius 2 is 1.62 bits per heavy atom. The summed E-state index contributed by atoms with van der Waals surface area (Å²) < 4.78 is 0. The van der Waals surface area contributed by atoms with Crippen LogP contribution in [0.15, 0.2) is 0 Å². The van der Waals surface area contributed by atoms with E-state index in [0.717, 1.165) is 23.9 Å². The maximum atomic E-state index is 4.12. The van der Waals surface area contributed by atoms with Gasteiger partial charge in [0.2, 0.25) is 0 Å². The molecule has 2 aliphatic carbocycles. The van der Waals surface area contributed by atoms with Gasteiger partial charge in [0.05, 0.1) is 0 Å². The van der Waals surface area contributed by atoms with E-state index in [-0.39, 0.29) is 0 Å². The summed E-state index contributed by atoms with van der Waals surface area (Å²) in [5.74, 6) is 1.90. The van der Waals surface area contributed by atoms with Crippen molar-refractivity contribution in [1.82, 2.24) is 5.32 Å². The third kappa shape index (κ3) is 5.27. The number of hydrogen-bond donors (Lipinski definition) is 1. The minimum atomic E-state index is 0.466. The summed E-state index contributed by atoms with van der Waals surface area (Å²) in [5.41, 5.74) is 0.466. The van der Waals surface area contributed by atoms with Gasteiger partial charge in [-0.3, -0.25) is 0 Å². The Bertz CT molecular complexity index is 291. The molecule has 4 unspecified atom stereocenters. The highest BCUT2D eigenvalue weighted by Crippen LogP contribution is 2.39. The Balaban J connectivity index is 1.87. The predicted molar refractivity (Wildman–Crippen MR) is 93.6 cm³/mol. The molecule has 1 N–H and O–H groups in total. The zero-order valence-corrected chi connectivity index (χ0v) is 15.1. The van der Waals surface area contributed by atoms with Gasteiger partial charge in [0.25, 0.3) is 0 Å². The van der Waals surface area contributed by atoms with E-state index >= 15 is 0 Å². The lowest BCUT2D eigenvalue weighted by Crippen LogP contribution is -2.48. The summed E-state index contributed by atoms with van der Waals surface area (Å²) in [6, 6.07) is 1.59. The molecule has 0 aromatic heterocycles. The molecule has 2 saturated carbocycles. The van der Waals surface area contributed by atoms with E-state index in [4.69, 9.17) is 0 Å². The van der Waals surface area contributed by atoms with E-state index in [1.807, 2.05) is 0 Å². The molecule has 0 aromatic rings. The van der Waals surface area contributed by atoms with Crippen LogP contribution in [0.2, 0.25) is 0 Å². The van der Waals surface area contributed by atoms with Gasteiger partial charge in [0.15, 0.2) is 0 Å². The maximum absolute atomic E-state index is 4.12. The minimum Gasteiger partial charge on any atom is -0.311 e. The minimum absolute atomic E-state index is 0.466.